The lowest BCUT2D eigenvalue weighted by Gasteiger charge is -2.37. The predicted molar refractivity (Wildman–Crippen MR) is 163 cm³/mol. The van der Waals surface area contributed by atoms with Gasteiger partial charge in [-0.1, -0.05) is 31.2 Å². The average molecular weight is 609 g/mol. The molecule has 1 aromatic heterocycles. The van der Waals surface area contributed by atoms with E-state index in [1.807, 2.05) is 24.0 Å². The number of nitrogens with zero attached hydrogens (tertiary/aromatic N) is 5. The molecule has 1 saturated heterocycles. The number of piperidine rings is 1. The number of nitriles is 1. The van der Waals surface area contributed by atoms with Gasteiger partial charge in [0.05, 0.1) is 23.6 Å². The van der Waals surface area contributed by atoms with Crippen molar-refractivity contribution in [3.63, 3.8) is 0 Å². The Morgan fingerprint density at radius 1 is 1.02 bits per heavy atom. The quantitative estimate of drug-likeness (QED) is 0.331. The van der Waals surface area contributed by atoms with E-state index in [9.17, 15) is 14.0 Å². The summed E-state index contributed by atoms with van der Waals surface area (Å²) in [6.07, 6.45) is 5.11. The summed E-state index contributed by atoms with van der Waals surface area (Å²) >= 11 is 0. The molecule has 234 valence electrons. The standard InChI is InChI=1S/C34H40F4N6/c1-22-25-8-7-9-27(18-25)34(37,38)26-10-16-43(17-11-26)21-33(35,36)12-5-4-6-15-44-23(2)29(32(20-39)13-14-32)19-28-30(40-22)41-24(3)42-31(28)44/h7-9,18-19,22,26H,2,4-6,10-17,21H2,1,3H3,(H,40,41,42)/t22-/m1/s1. The Balaban J connectivity index is 1.39. The lowest BCUT2D eigenvalue weighted by atomic mass is 9.85. The first-order valence-electron chi connectivity index (χ1n) is 15.8. The van der Waals surface area contributed by atoms with Gasteiger partial charge in [-0.2, -0.15) is 5.26 Å². The number of alkyl halides is 4. The average Bonchev–Trinajstić information content (AvgIpc) is 3.78. The van der Waals surface area contributed by atoms with E-state index in [0.29, 0.717) is 54.5 Å². The van der Waals surface area contributed by atoms with E-state index in [0.717, 1.165) is 24.0 Å². The van der Waals surface area contributed by atoms with E-state index in [1.54, 1.807) is 24.0 Å². The molecule has 0 amide bonds. The van der Waals surface area contributed by atoms with Crippen LogP contribution in [0, 0.1) is 29.6 Å². The molecule has 10 heteroatoms. The molecule has 5 aliphatic rings. The molecule has 8 bridgehead atoms. The van der Waals surface area contributed by atoms with Crippen molar-refractivity contribution in [2.45, 2.75) is 83.1 Å². The molecule has 44 heavy (non-hydrogen) atoms. The molecule has 7 rings (SSSR count). The van der Waals surface area contributed by atoms with Crippen molar-refractivity contribution in [2.75, 3.05) is 36.4 Å². The molecule has 1 aromatic carbocycles. The van der Waals surface area contributed by atoms with Gasteiger partial charge in [-0.15, -0.1) is 0 Å². The summed E-state index contributed by atoms with van der Waals surface area (Å²) < 4.78 is 61.6. The van der Waals surface area contributed by atoms with Crippen LogP contribution in [0.3, 0.4) is 0 Å². The minimum absolute atomic E-state index is 0.0615. The molecule has 0 spiro atoms. The molecule has 1 atom stereocenters. The summed E-state index contributed by atoms with van der Waals surface area (Å²) in [5.41, 5.74) is 2.25. The largest absolute Gasteiger partial charge is 0.363 e. The summed E-state index contributed by atoms with van der Waals surface area (Å²) in [6.45, 7) is 8.66. The second kappa shape index (κ2) is 11.5. The topological polar surface area (TPSA) is 68.1 Å². The molecule has 6 nitrogen and oxygen atoms in total. The van der Waals surface area contributed by atoms with Gasteiger partial charge < -0.3 is 10.2 Å². The van der Waals surface area contributed by atoms with Crippen LogP contribution in [-0.2, 0) is 5.92 Å². The fourth-order valence-corrected chi connectivity index (χ4v) is 6.97. The Bertz CT molecular complexity index is 1500. The van der Waals surface area contributed by atoms with Crippen LogP contribution in [0.2, 0.25) is 0 Å². The van der Waals surface area contributed by atoms with Crippen LogP contribution in [0.4, 0.5) is 29.2 Å². The van der Waals surface area contributed by atoms with Crippen LogP contribution in [-0.4, -0.2) is 47.0 Å². The Labute approximate surface area is 256 Å². The minimum Gasteiger partial charge on any atom is -0.363 e. The van der Waals surface area contributed by atoms with Crippen LogP contribution in [0.25, 0.3) is 6.08 Å². The fraction of sp³-hybridized carbons (Fsp3) is 0.559. The zero-order valence-electron chi connectivity index (χ0n) is 25.5. The Hall–Kier alpha value is -3.45. The molecule has 5 heterocycles. The number of rotatable bonds is 1. The normalized spacial score (nSPS) is 27.8. The molecular formula is C34H40F4N6. The summed E-state index contributed by atoms with van der Waals surface area (Å²) in [7, 11) is 0. The van der Waals surface area contributed by atoms with Gasteiger partial charge in [0.1, 0.15) is 17.5 Å². The molecular weight excluding hydrogens is 568 g/mol. The number of hydrogen-bond acceptors (Lipinski definition) is 6. The number of hydrogen-bond donors (Lipinski definition) is 1. The van der Waals surface area contributed by atoms with Crippen molar-refractivity contribution in [1.82, 2.24) is 14.9 Å². The molecule has 4 aliphatic heterocycles. The zero-order valence-corrected chi connectivity index (χ0v) is 25.5. The number of aromatic nitrogens is 2. The van der Waals surface area contributed by atoms with Crippen LogP contribution in [0.5, 0.6) is 0 Å². The predicted octanol–water partition coefficient (Wildman–Crippen LogP) is 7.99. The summed E-state index contributed by atoms with van der Waals surface area (Å²) in [6, 6.07) is 8.59. The van der Waals surface area contributed by atoms with Crippen LogP contribution in [0.15, 0.2) is 42.1 Å². The number of fused-ring (bicyclic) bond motifs is 9. The van der Waals surface area contributed by atoms with Crippen molar-refractivity contribution in [3.05, 3.63) is 64.6 Å². The number of benzene rings is 1. The van der Waals surface area contributed by atoms with E-state index in [1.165, 1.54) is 6.07 Å². The first kappa shape index (κ1) is 30.6. The first-order valence-corrected chi connectivity index (χ1v) is 15.8. The van der Waals surface area contributed by atoms with Crippen LogP contribution in [0.1, 0.15) is 86.8 Å². The maximum absolute atomic E-state index is 15.8. The molecule has 0 unspecified atom stereocenters. The highest BCUT2D eigenvalue weighted by molar-refractivity contribution is 5.84. The van der Waals surface area contributed by atoms with Gasteiger partial charge in [0, 0.05) is 36.2 Å². The number of anilines is 2. The molecule has 2 aromatic rings. The lowest BCUT2D eigenvalue weighted by Crippen LogP contribution is -2.44. The van der Waals surface area contributed by atoms with Crippen molar-refractivity contribution < 1.29 is 17.6 Å². The monoisotopic (exact) mass is 608 g/mol. The summed E-state index contributed by atoms with van der Waals surface area (Å²) in [5, 5.41) is 13.5. The number of halogens is 4. The van der Waals surface area contributed by atoms with Crippen molar-refractivity contribution in [1.29, 1.82) is 5.26 Å². The number of nitrogens with one attached hydrogen (secondary N) is 1. The SMILES string of the molecule is C=C1C(C2(C#N)CC2)=Cc2c3nc(C)nc2N1CCCCCC(F)(F)CN1CCC(CC1)C(F)(F)c1cccc(c1)[C@@H](C)N3. The van der Waals surface area contributed by atoms with Crippen LogP contribution >= 0.6 is 0 Å². The van der Waals surface area contributed by atoms with Gasteiger partial charge in [0.2, 0.25) is 0 Å². The van der Waals surface area contributed by atoms with E-state index >= 15 is 8.78 Å². The van der Waals surface area contributed by atoms with E-state index < -0.39 is 29.7 Å². The maximum Gasteiger partial charge on any atom is 0.276 e. The van der Waals surface area contributed by atoms with Gasteiger partial charge >= 0.3 is 0 Å². The van der Waals surface area contributed by atoms with Crippen LogP contribution < -0.4 is 10.2 Å². The van der Waals surface area contributed by atoms with E-state index in [2.05, 4.69) is 18.0 Å². The fourth-order valence-electron chi connectivity index (χ4n) is 6.97. The van der Waals surface area contributed by atoms with Gasteiger partial charge in [-0.3, -0.25) is 4.90 Å². The maximum atomic E-state index is 15.8. The highest BCUT2D eigenvalue weighted by Crippen LogP contribution is 2.56. The zero-order chi connectivity index (χ0) is 31.3. The van der Waals surface area contributed by atoms with Crippen molar-refractivity contribution in [2.24, 2.45) is 11.3 Å². The second-order valence-corrected chi connectivity index (χ2v) is 13.0. The number of aryl methyl sites for hydroxylation is 1. The smallest absolute Gasteiger partial charge is 0.276 e. The minimum atomic E-state index is -3.08. The van der Waals surface area contributed by atoms with E-state index in [-0.39, 0.29) is 44.0 Å². The Morgan fingerprint density at radius 2 is 1.77 bits per heavy atom. The molecule has 2 fully saturated rings. The highest BCUT2D eigenvalue weighted by atomic mass is 19.3. The summed E-state index contributed by atoms with van der Waals surface area (Å²) in [4.78, 5) is 13.1. The second-order valence-electron chi connectivity index (χ2n) is 13.0. The third-order valence-corrected chi connectivity index (χ3v) is 9.80. The highest BCUT2D eigenvalue weighted by Gasteiger charge is 2.50. The van der Waals surface area contributed by atoms with Crippen molar-refractivity contribution >= 4 is 17.7 Å². The molecule has 0 radical (unpaired) electrons. The Kier molecular flexibility index (Phi) is 7.98. The Morgan fingerprint density at radius 3 is 2.48 bits per heavy atom. The van der Waals surface area contributed by atoms with Crippen molar-refractivity contribution in [3.8, 4) is 6.07 Å². The van der Waals surface area contributed by atoms with Gasteiger partial charge in [-0.25, -0.2) is 27.5 Å². The molecule has 1 saturated carbocycles. The third kappa shape index (κ3) is 5.83. The van der Waals surface area contributed by atoms with Gasteiger partial charge in [0.25, 0.3) is 11.8 Å². The van der Waals surface area contributed by atoms with Gasteiger partial charge in [0.15, 0.2) is 0 Å². The molecule has 1 aliphatic carbocycles. The first-order chi connectivity index (χ1) is 20.9. The summed E-state index contributed by atoms with van der Waals surface area (Å²) in [5.74, 6) is -5.14. The lowest BCUT2D eigenvalue weighted by molar-refractivity contribution is -0.0974. The number of allylic oxidation sites excluding steroid dienone is 1. The third-order valence-electron chi connectivity index (χ3n) is 9.80. The molecule has 1 N–H and O–H groups in total. The van der Waals surface area contributed by atoms with E-state index in [4.69, 9.17) is 9.97 Å². The van der Waals surface area contributed by atoms with Gasteiger partial charge in [-0.05, 0) is 88.7 Å².